The number of nitrogens with one attached hydrogen (secondary N) is 2. The van der Waals surface area contributed by atoms with Gasteiger partial charge in [-0.15, -0.1) is 0 Å². The molecule has 0 radical (unpaired) electrons. The van der Waals surface area contributed by atoms with Crippen LogP contribution in [0.3, 0.4) is 0 Å². The molecule has 2 rings (SSSR count). The molecule has 3 N–H and O–H groups in total. The van der Waals surface area contributed by atoms with Crippen LogP contribution in [0.2, 0.25) is 0 Å². The maximum atomic E-state index is 8.95. The lowest BCUT2D eigenvalue weighted by Gasteiger charge is -2.08. The fourth-order valence-electron chi connectivity index (χ4n) is 1.70. The first-order valence-corrected chi connectivity index (χ1v) is 6.08. The fourth-order valence-corrected chi connectivity index (χ4v) is 1.70. The van der Waals surface area contributed by atoms with E-state index in [9.17, 15) is 0 Å². The van der Waals surface area contributed by atoms with Crippen LogP contribution in [0.5, 0.6) is 0 Å². The van der Waals surface area contributed by atoms with E-state index in [1.165, 1.54) is 0 Å². The Bertz CT molecular complexity index is 469. The van der Waals surface area contributed by atoms with Crippen LogP contribution in [0.15, 0.2) is 30.3 Å². The Morgan fingerprint density at radius 2 is 2.06 bits per heavy atom. The SMILES string of the molecule is CC(CO)CNCc1n[nH]nc1-c1ccccc1. The lowest BCUT2D eigenvalue weighted by molar-refractivity contribution is 0.233. The molecule has 0 bridgehead atoms. The number of aliphatic hydroxyl groups excluding tert-OH is 1. The minimum atomic E-state index is 0.192. The van der Waals surface area contributed by atoms with Crippen LogP contribution >= 0.6 is 0 Å². The molecule has 2 aromatic rings. The van der Waals surface area contributed by atoms with Crippen LogP contribution in [0, 0.1) is 5.92 Å². The number of H-pyrrole nitrogens is 1. The van der Waals surface area contributed by atoms with E-state index in [4.69, 9.17) is 5.11 Å². The van der Waals surface area contributed by atoms with Gasteiger partial charge in [0.15, 0.2) is 0 Å². The first-order valence-electron chi connectivity index (χ1n) is 6.08. The minimum absolute atomic E-state index is 0.192. The van der Waals surface area contributed by atoms with Gasteiger partial charge in [0.2, 0.25) is 0 Å². The highest BCUT2D eigenvalue weighted by Gasteiger charge is 2.09. The molecule has 0 aliphatic carbocycles. The zero-order valence-electron chi connectivity index (χ0n) is 10.4. The summed E-state index contributed by atoms with van der Waals surface area (Å²) >= 11 is 0. The predicted molar refractivity (Wildman–Crippen MR) is 69.8 cm³/mol. The summed E-state index contributed by atoms with van der Waals surface area (Å²) in [6.07, 6.45) is 0. The Kier molecular flexibility index (Phi) is 4.44. The smallest absolute Gasteiger partial charge is 0.117 e. The average Bonchev–Trinajstić information content (AvgIpc) is 2.88. The molecule has 5 nitrogen and oxygen atoms in total. The maximum absolute atomic E-state index is 8.95. The lowest BCUT2D eigenvalue weighted by atomic mass is 10.1. The lowest BCUT2D eigenvalue weighted by Crippen LogP contribution is -2.23. The highest BCUT2D eigenvalue weighted by molar-refractivity contribution is 5.60. The first-order chi connectivity index (χ1) is 8.81. The molecule has 1 aromatic heterocycles. The Hall–Kier alpha value is -1.72. The van der Waals surface area contributed by atoms with Crippen LogP contribution in [-0.4, -0.2) is 33.7 Å². The van der Waals surface area contributed by atoms with Gasteiger partial charge in [0.25, 0.3) is 0 Å². The van der Waals surface area contributed by atoms with Gasteiger partial charge in [-0.2, -0.15) is 15.4 Å². The number of aromatic nitrogens is 3. The van der Waals surface area contributed by atoms with Gasteiger partial charge < -0.3 is 10.4 Å². The van der Waals surface area contributed by atoms with Crippen molar-refractivity contribution in [1.82, 2.24) is 20.7 Å². The van der Waals surface area contributed by atoms with Gasteiger partial charge in [-0.1, -0.05) is 37.3 Å². The normalized spacial score (nSPS) is 12.6. The van der Waals surface area contributed by atoms with E-state index in [1.807, 2.05) is 37.3 Å². The van der Waals surface area contributed by atoms with Gasteiger partial charge in [0.05, 0.1) is 0 Å². The zero-order chi connectivity index (χ0) is 12.8. The van der Waals surface area contributed by atoms with Crippen molar-refractivity contribution in [3.8, 4) is 11.3 Å². The number of rotatable bonds is 6. The Morgan fingerprint density at radius 3 is 2.78 bits per heavy atom. The number of hydrogen-bond acceptors (Lipinski definition) is 4. The van der Waals surface area contributed by atoms with Crippen molar-refractivity contribution in [2.24, 2.45) is 5.92 Å². The molecule has 0 saturated heterocycles. The second-order valence-corrected chi connectivity index (χ2v) is 4.40. The van der Waals surface area contributed by atoms with E-state index in [0.29, 0.717) is 6.54 Å². The van der Waals surface area contributed by atoms with E-state index in [-0.39, 0.29) is 12.5 Å². The summed E-state index contributed by atoms with van der Waals surface area (Å²) in [6, 6.07) is 9.96. The zero-order valence-corrected chi connectivity index (χ0v) is 10.4. The quantitative estimate of drug-likeness (QED) is 0.716. The Balaban J connectivity index is 2.00. The number of benzene rings is 1. The van der Waals surface area contributed by atoms with Gasteiger partial charge in [-0.3, -0.25) is 0 Å². The number of aromatic amines is 1. The van der Waals surface area contributed by atoms with Crippen molar-refractivity contribution >= 4 is 0 Å². The van der Waals surface area contributed by atoms with Crippen molar-refractivity contribution in [1.29, 1.82) is 0 Å². The molecule has 1 aromatic carbocycles. The van der Waals surface area contributed by atoms with E-state index in [0.717, 1.165) is 23.5 Å². The maximum Gasteiger partial charge on any atom is 0.117 e. The standard InChI is InChI=1S/C13H18N4O/c1-10(9-18)7-14-8-12-13(16-17-15-12)11-5-3-2-4-6-11/h2-6,10,14,18H,7-9H2,1H3,(H,15,16,17). The van der Waals surface area contributed by atoms with E-state index >= 15 is 0 Å². The summed E-state index contributed by atoms with van der Waals surface area (Å²) in [6.45, 7) is 3.59. The minimum Gasteiger partial charge on any atom is -0.396 e. The second kappa shape index (κ2) is 6.28. The Morgan fingerprint density at radius 1 is 1.28 bits per heavy atom. The molecule has 1 unspecified atom stereocenters. The van der Waals surface area contributed by atoms with E-state index in [1.54, 1.807) is 0 Å². The molecule has 1 heterocycles. The van der Waals surface area contributed by atoms with E-state index < -0.39 is 0 Å². The van der Waals surface area contributed by atoms with Gasteiger partial charge >= 0.3 is 0 Å². The topological polar surface area (TPSA) is 73.8 Å². The van der Waals surface area contributed by atoms with Crippen molar-refractivity contribution in [2.45, 2.75) is 13.5 Å². The first kappa shape index (κ1) is 12.7. The van der Waals surface area contributed by atoms with Crippen molar-refractivity contribution in [2.75, 3.05) is 13.2 Å². The van der Waals surface area contributed by atoms with Crippen LogP contribution in [0.25, 0.3) is 11.3 Å². The van der Waals surface area contributed by atoms with Crippen molar-refractivity contribution in [3.05, 3.63) is 36.0 Å². The molecular weight excluding hydrogens is 228 g/mol. The summed E-state index contributed by atoms with van der Waals surface area (Å²) in [5.74, 6) is 0.247. The van der Waals surface area contributed by atoms with Crippen LogP contribution in [0.4, 0.5) is 0 Å². The van der Waals surface area contributed by atoms with Gasteiger partial charge in [0.1, 0.15) is 11.4 Å². The molecule has 5 heteroatoms. The van der Waals surface area contributed by atoms with Gasteiger partial charge in [0, 0.05) is 25.3 Å². The molecular formula is C13H18N4O. The monoisotopic (exact) mass is 246 g/mol. The van der Waals surface area contributed by atoms with Crippen LogP contribution < -0.4 is 5.32 Å². The largest absolute Gasteiger partial charge is 0.396 e. The second-order valence-electron chi connectivity index (χ2n) is 4.40. The molecule has 0 aliphatic heterocycles. The molecule has 1 atom stereocenters. The number of aliphatic hydroxyl groups is 1. The third-order valence-electron chi connectivity index (χ3n) is 2.76. The van der Waals surface area contributed by atoms with Gasteiger partial charge in [-0.05, 0) is 5.92 Å². The third-order valence-corrected chi connectivity index (χ3v) is 2.76. The van der Waals surface area contributed by atoms with Gasteiger partial charge in [-0.25, -0.2) is 0 Å². The molecule has 96 valence electrons. The predicted octanol–water partition coefficient (Wildman–Crippen LogP) is 1.19. The average molecular weight is 246 g/mol. The molecule has 0 fully saturated rings. The summed E-state index contributed by atoms with van der Waals surface area (Å²) in [4.78, 5) is 0. The number of nitrogens with zero attached hydrogens (tertiary/aromatic N) is 2. The highest BCUT2D eigenvalue weighted by Crippen LogP contribution is 2.18. The molecule has 18 heavy (non-hydrogen) atoms. The van der Waals surface area contributed by atoms with Crippen molar-refractivity contribution in [3.63, 3.8) is 0 Å². The molecule has 0 spiro atoms. The Labute approximate surface area is 106 Å². The third kappa shape index (κ3) is 3.15. The summed E-state index contributed by atoms with van der Waals surface area (Å²) in [7, 11) is 0. The molecule has 0 saturated carbocycles. The summed E-state index contributed by atoms with van der Waals surface area (Å²) in [5, 5.41) is 23.2. The number of hydrogen-bond donors (Lipinski definition) is 3. The van der Waals surface area contributed by atoms with Crippen LogP contribution in [-0.2, 0) is 6.54 Å². The fraction of sp³-hybridized carbons (Fsp3) is 0.385. The highest BCUT2D eigenvalue weighted by atomic mass is 16.3. The van der Waals surface area contributed by atoms with Crippen LogP contribution in [0.1, 0.15) is 12.6 Å². The summed E-state index contributed by atoms with van der Waals surface area (Å²) < 4.78 is 0. The van der Waals surface area contributed by atoms with E-state index in [2.05, 4.69) is 20.7 Å². The molecule has 0 amide bonds. The van der Waals surface area contributed by atoms with Crippen molar-refractivity contribution < 1.29 is 5.11 Å². The molecule has 0 aliphatic rings. The summed E-state index contributed by atoms with van der Waals surface area (Å²) in [5.41, 5.74) is 2.82.